The van der Waals surface area contributed by atoms with E-state index in [1.165, 1.54) is 0 Å². The van der Waals surface area contributed by atoms with Gasteiger partial charge in [0.1, 0.15) is 0 Å². The smallest absolute Gasteiger partial charge is 0.306 e. The minimum absolute atomic E-state index is 0.0524. The molecule has 2 N–H and O–H groups in total. The van der Waals surface area contributed by atoms with Crippen LogP contribution in [0.3, 0.4) is 0 Å². The minimum atomic E-state index is -0.791. The van der Waals surface area contributed by atoms with Crippen molar-refractivity contribution in [3.63, 3.8) is 0 Å². The number of carbonyl (C=O) groups is 2. The van der Waals surface area contributed by atoms with E-state index in [0.717, 1.165) is 11.3 Å². The standard InChI is InChI=1S/C17H23NO3/c1-17(2,3)13-6-4-5-7-14(13)18-15(19)11-8-9-12(10-11)16(20)21/h4-7,11-12H,8-10H2,1-3H3,(H,18,19)(H,20,21)/t11-,12+/m1/s1. The largest absolute Gasteiger partial charge is 0.481 e. The van der Waals surface area contributed by atoms with Gasteiger partial charge in [0.15, 0.2) is 0 Å². The van der Waals surface area contributed by atoms with Crippen LogP contribution in [0.25, 0.3) is 0 Å². The van der Waals surface area contributed by atoms with Crippen molar-refractivity contribution in [2.75, 3.05) is 5.32 Å². The summed E-state index contributed by atoms with van der Waals surface area (Å²) in [6, 6.07) is 7.79. The van der Waals surface area contributed by atoms with Gasteiger partial charge in [-0.2, -0.15) is 0 Å². The Hall–Kier alpha value is -1.84. The molecule has 0 aromatic heterocycles. The first-order valence-corrected chi connectivity index (χ1v) is 7.42. The van der Waals surface area contributed by atoms with E-state index in [9.17, 15) is 9.59 Å². The van der Waals surface area contributed by atoms with Crippen molar-refractivity contribution in [3.05, 3.63) is 29.8 Å². The van der Waals surface area contributed by atoms with Gasteiger partial charge in [0.05, 0.1) is 5.92 Å². The maximum atomic E-state index is 12.4. The van der Waals surface area contributed by atoms with Gasteiger partial charge in [-0.15, -0.1) is 0 Å². The fourth-order valence-corrected chi connectivity index (χ4v) is 2.92. The highest BCUT2D eigenvalue weighted by Crippen LogP contribution is 2.34. The third kappa shape index (κ3) is 3.63. The number of aliphatic carboxylic acids is 1. The van der Waals surface area contributed by atoms with Crippen molar-refractivity contribution in [1.29, 1.82) is 0 Å². The van der Waals surface area contributed by atoms with Crippen molar-refractivity contribution < 1.29 is 14.7 Å². The van der Waals surface area contributed by atoms with E-state index in [1.807, 2.05) is 24.3 Å². The normalized spacial score (nSPS) is 22.0. The number of hydrogen-bond acceptors (Lipinski definition) is 2. The van der Waals surface area contributed by atoms with Crippen LogP contribution >= 0.6 is 0 Å². The maximum absolute atomic E-state index is 12.4. The van der Waals surface area contributed by atoms with Gasteiger partial charge >= 0.3 is 5.97 Å². The second kappa shape index (κ2) is 5.88. The summed E-state index contributed by atoms with van der Waals surface area (Å²) in [6.45, 7) is 6.32. The summed E-state index contributed by atoms with van der Waals surface area (Å²) in [4.78, 5) is 23.3. The fourth-order valence-electron chi connectivity index (χ4n) is 2.92. The lowest BCUT2D eigenvalue weighted by Gasteiger charge is -2.23. The summed E-state index contributed by atoms with van der Waals surface area (Å²) in [5, 5.41) is 12.0. The molecule has 1 fully saturated rings. The molecule has 0 saturated heterocycles. The van der Waals surface area contributed by atoms with E-state index in [0.29, 0.717) is 19.3 Å². The first-order valence-electron chi connectivity index (χ1n) is 7.42. The predicted molar refractivity (Wildman–Crippen MR) is 82.2 cm³/mol. The maximum Gasteiger partial charge on any atom is 0.306 e. The van der Waals surface area contributed by atoms with Gasteiger partial charge in [-0.05, 0) is 36.3 Å². The zero-order chi connectivity index (χ0) is 15.6. The molecule has 4 nitrogen and oxygen atoms in total. The molecule has 4 heteroatoms. The number of carboxylic acids is 1. The molecule has 0 unspecified atom stereocenters. The topological polar surface area (TPSA) is 66.4 Å². The van der Waals surface area contributed by atoms with Gasteiger partial charge in [0.25, 0.3) is 0 Å². The first kappa shape index (κ1) is 15.5. The van der Waals surface area contributed by atoms with Crippen LogP contribution in [-0.2, 0) is 15.0 Å². The molecule has 1 saturated carbocycles. The lowest BCUT2D eigenvalue weighted by molar-refractivity contribution is -0.141. The van der Waals surface area contributed by atoms with Crippen LogP contribution in [0.5, 0.6) is 0 Å². The molecular weight excluding hydrogens is 266 g/mol. The molecule has 0 heterocycles. The van der Waals surface area contributed by atoms with Gasteiger partial charge < -0.3 is 10.4 Å². The monoisotopic (exact) mass is 289 g/mol. The van der Waals surface area contributed by atoms with Gasteiger partial charge in [-0.25, -0.2) is 0 Å². The Morgan fingerprint density at radius 2 is 1.76 bits per heavy atom. The van der Waals surface area contributed by atoms with Crippen LogP contribution in [0.15, 0.2) is 24.3 Å². The molecule has 2 rings (SSSR count). The molecular formula is C17H23NO3. The zero-order valence-corrected chi connectivity index (χ0v) is 12.8. The van der Waals surface area contributed by atoms with E-state index >= 15 is 0 Å². The van der Waals surface area contributed by atoms with Crippen molar-refractivity contribution in [1.82, 2.24) is 0 Å². The van der Waals surface area contributed by atoms with Crippen LogP contribution in [0.2, 0.25) is 0 Å². The van der Waals surface area contributed by atoms with E-state index in [-0.39, 0.29) is 23.2 Å². The Kier molecular flexibility index (Phi) is 4.35. The molecule has 0 bridgehead atoms. The predicted octanol–water partition coefficient (Wildman–Crippen LogP) is 3.42. The average molecular weight is 289 g/mol. The van der Waals surface area contributed by atoms with E-state index in [2.05, 4.69) is 26.1 Å². The van der Waals surface area contributed by atoms with Crippen molar-refractivity contribution in [2.24, 2.45) is 11.8 Å². The van der Waals surface area contributed by atoms with Crippen LogP contribution in [-0.4, -0.2) is 17.0 Å². The Labute approximate surface area is 125 Å². The number of carbonyl (C=O) groups excluding carboxylic acids is 1. The Bertz CT molecular complexity index is 545. The molecule has 1 aliphatic carbocycles. The van der Waals surface area contributed by atoms with E-state index in [1.54, 1.807) is 0 Å². The number of rotatable bonds is 3. The third-order valence-corrected chi connectivity index (χ3v) is 4.15. The highest BCUT2D eigenvalue weighted by atomic mass is 16.4. The van der Waals surface area contributed by atoms with Crippen LogP contribution in [0, 0.1) is 11.8 Å². The lowest BCUT2D eigenvalue weighted by atomic mass is 9.85. The quantitative estimate of drug-likeness (QED) is 0.896. The number of amides is 1. The number of anilines is 1. The first-order chi connectivity index (χ1) is 9.79. The molecule has 2 atom stereocenters. The summed E-state index contributed by atoms with van der Waals surface area (Å²) in [5.41, 5.74) is 1.86. The summed E-state index contributed by atoms with van der Waals surface area (Å²) in [6.07, 6.45) is 1.69. The number of para-hydroxylation sites is 1. The summed E-state index contributed by atoms with van der Waals surface area (Å²) < 4.78 is 0. The Morgan fingerprint density at radius 1 is 1.14 bits per heavy atom. The van der Waals surface area contributed by atoms with Crippen molar-refractivity contribution in [3.8, 4) is 0 Å². The van der Waals surface area contributed by atoms with E-state index in [4.69, 9.17) is 5.11 Å². The molecule has 1 aromatic rings. The van der Waals surface area contributed by atoms with Gasteiger partial charge in [-0.3, -0.25) is 9.59 Å². The van der Waals surface area contributed by atoms with E-state index < -0.39 is 5.97 Å². The molecule has 1 amide bonds. The number of nitrogens with one attached hydrogen (secondary N) is 1. The summed E-state index contributed by atoms with van der Waals surface area (Å²) in [7, 11) is 0. The third-order valence-electron chi connectivity index (χ3n) is 4.15. The highest BCUT2D eigenvalue weighted by Gasteiger charge is 2.34. The Balaban J connectivity index is 2.09. The Morgan fingerprint density at radius 3 is 2.33 bits per heavy atom. The second-order valence-electron chi connectivity index (χ2n) is 6.83. The fraction of sp³-hybridized carbons (Fsp3) is 0.529. The van der Waals surface area contributed by atoms with Crippen LogP contribution in [0.4, 0.5) is 5.69 Å². The number of hydrogen-bond donors (Lipinski definition) is 2. The SMILES string of the molecule is CC(C)(C)c1ccccc1NC(=O)[C@@H]1CC[C@H](C(=O)O)C1. The molecule has 0 spiro atoms. The van der Waals surface area contributed by atoms with Crippen molar-refractivity contribution >= 4 is 17.6 Å². The van der Waals surface area contributed by atoms with Crippen molar-refractivity contribution in [2.45, 2.75) is 45.4 Å². The molecule has 21 heavy (non-hydrogen) atoms. The van der Waals surface area contributed by atoms with Gasteiger partial charge in [-0.1, -0.05) is 39.0 Å². The summed E-state index contributed by atoms with van der Waals surface area (Å²) in [5.74, 6) is -1.42. The number of benzene rings is 1. The minimum Gasteiger partial charge on any atom is -0.481 e. The molecule has 1 aromatic carbocycles. The molecule has 0 radical (unpaired) electrons. The van der Waals surface area contributed by atoms with Crippen LogP contribution < -0.4 is 5.32 Å². The molecule has 1 aliphatic rings. The number of carboxylic acid groups (broad SMARTS) is 1. The average Bonchev–Trinajstić information content (AvgIpc) is 2.88. The lowest BCUT2D eigenvalue weighted by Crippen LogP contribution is -2.24. The highest BCUT2D eigenvalue weighted by molar-refractivity contribution is 5.94. The molecule has 0 aliphatic heterocycles. The zero-order valence-electron chi connectivity index (χ0n) is 12.8. The molecule has 114 valence electrons. The summed E-state index contributed by atoms with van der Waals surface area (Å²) >= 11 is 0. The van der Waals surface area contributed by atoms with Gasteiger partial charge in [0.2, 0.25) is 5.91 Å². The van der Waals surface area contributed by atoms with Gasteiger partial charge in [0, 0.05) is 11.6 Å². The second-order valence-corrected chi connectivity index (χ2v) is 6.83. The van der Waals surface area contributed by atoms with Crippen LogP contribution in [0.1, 0.15) is 45.6 Å².